The van der Waals surface area contributed by atoms with Crippen LogP contribution in [0, 0.1) is 17.8 Å². The first-order chi connectivity index (χ1) is 14.1. The Morgan fingerprint density at radius 1 is 1.07 bits per heavy atom. The first-order valence-electron chi connectivity index (χ1n) is 10.4. The summed E-state index contributed by atoms with van der Waals surface area (Å²) in [6.45, 7) is 1.56. The van der Waals surface area contributed by atoms with Crippen LogP contribution in [0.2, 0.25) is 0 Å². The molecule has 0 spiro atoms. The number of rotatable bonds is 5. The lowest BCUT2D eigenvalue weighted by molar-refractivity contribution is -0.119. The summed E-state index contributed by atoms with van der Waals surface area (Å²) in [5.74, 6) is 2.16. The molecular weight excluding hydrogens is 380 g/mol. The van der Waals surface area contributed by atoms with Crippen molar-refractivity contribution in [2.45, 2.75) is 39.0 Å². The monoisotopic (exact) mass is 404 g/mol. The van der Waals surface area contributed by atoms with Crippen LogP contribution in [0.15, 0.2) is 48.5 Å². The van der Waals surface area contributed by atoms with E-state index < -0.39 is 0 Å². The highest BCUT2D eigenvalue weighted by molar-refractivity contribution is 7.22. The van der Waals surface area contributed by atoms with Crippen LogP contribution in [0.4, 0.5) is 10.8 Å². The molecule has 5 heteroatoms. The number of para-hydroxylation sites is 1. The van der Waals surface area contributed by atoms with Gasteiger partial charge in [-0.15, -0.1) is 0 Å². The molecule has 3 aromatic rings. The lowest BCUT2D eigenvalue weighted by Gasteiger charge is -2.25. The van der Waals surface area contributed by atoms with Gasteiger partial charge >= 0.3 is 0 Å². The molecule has 2 bridgehead atoms. The first kappa shape index (κ1) is 18.5. The van der Waals surface area contributed by atoms with Crippen LogP contribution in [0.1, 0.15) is 49.4 Å². The van der Waals surface area contributed by atoms with Crippen LogP contribution in [0.5, 0.6) is 0 Å². The average molecular weight is 405 g/mol. The van der Waals surface area contributed by atoms with Crippen molar-refractivity contribution in [1.82, 2.24) is 4.98 Å². The number of Topliss-reactive ketones (excluding diaryl/α,β-unsaturated/α-hetero) is 1. The molecule has 0 N–H and O–H groups in total. The minimum atomic E-state index is 0.0244. The van der Waals surface area contributed by atoms with Crippen LogP contribution in [-0.2, 0) is 4.79 Å². The summed E-state index contributed by atoms with van der Waals surface area (Å²) in [6, 6.07) is 15.3. The fourth-order valence-corrected chi connectivity index (χ4v) is 6.11. The molecule has 29 heavy (non-hydrogen) atoms. The third-order valence-corrected chi connectivity index (χ3v) is 7.60. The Labute approximate surface area is 174 Å². The van der Waals surface area contributed by atoms with E-state index in [0.29, 0.717) is 29.0 Å². The Kier molecular flexibility index (Phi) is 4.70. The summed E-state index contributed by atoms with van der Waals surface area (Å²) < 4.78 is 1.07. The van der Waals surface area contributed by atoms with Crippen molar-refractivity contribution in [2.24, 2.45) is 17.8 Å². The van der Waals surface area contributed by atoms with E-state index in [1.54, 1.807) is 24.0 Å². The summed E-state index contributed by atoms with van der Waals surface area (Å²) in [6.07, 6.45) is 5.67. The van der Waals surface area contributed by atoms with Gasteiger partial charge in [-0.1, -0.05) is 29.9 Å². The smallest absolute Gasteiger partial charge is 0.233 e. The molecule has 2 aliphatic rings. The summed E-state index contributed by atoms with van der Waals surface area (Å²) in [5, 5.41) is 0.704. The Morgan fingerprint density at radius 2 is 1.86 bits per heavy atom. The van der Waals surface area contributed by atoms with Gasteiger partial charge in [0.15, 0.2) is 10.9 Å². The third kappa shape index (κ3) is 3.48. The van der Waals surface area contributed by atoms with Gasteiger partial charge in [-0.3, -0.25) is 14.5 Å². The Hall–Kier alpha value is -2.53. The number of hydrogen-bond donors (Lipinski definition) is 0. The molecule has 0 aliphatic heterocycles. The zero-order valence-corrected chi connectivity index (χ0v) is 17.3. The number of carbonyl (C=O) groups is 2. The van der Waals surface area contributed by atoms with Crippen LogP contribution < -0.4 is 4.90 Å². The van der Waals surface area contributed by atoms with Gasteiger partial charge in [0, 0.05) is 12.0 Å². The molecule has 0 unspecified atom stereocenters. The van der Waals surface area contributed by atoms with E-state index >= 15 is 0 Å². The molecule has 5 rings (SSSR count). The van der Waals surface area contributed by atoms with E-state index in [0.717, 1.165) is 21.8 Å². The van der Waals surface area contributed by atoms with Crippen molar-refractivity contribution in [3.05, 3.63) is 54.1 Å². The number of amides is 1. The number of carbonyl (C=O) groups excluding carboxylic acids is 2. The highest BCUT2D eigenvalue weighted by Crippen LogP contribution is 2.50. The molecule has 1 heterocycles. The molecule has 2 aliphatic carbocycles. The highest BCUT2D eigenvalue weighted by Gasteiger charge is 2.41. The second-order valence-corrected chi connectivity index (χ2v) is 9.44. The lowest BCUT2D eigenvalue weighted by Crippen LogP contribution is -2.29. The lowest BCUT2D eigenvalue weighted by atomic mass is 9.86. The van der Waals surface area contributed by atoms with Gasteiger partial charge in [0.2, 0.25) is 5.91 Å². The maximum absolute atomic E-state index is 13.5. The van der Waals surface area contributed by atoms with Crippen LogP contribution in [0.3, 0.4) is 0 Å². The predicted molar refractivity (Wildman–Crippen MR) is 117 cm³/mol. The zero-order chi connectivity index (χ0) is 20.0. The number of hydrogen-bond acceptors (Lipinski definition) is 4. The maximum Gasteiger partial charge on any atom is 0.233 e. The summed E-state index contributed by atoms with van der Waals surface area (Å²) in [7, 11) is 0. The summed E-state index contributed by atoms with van der Waals surface area (Å²) >= 11 is 1.54. The molecule has 148 valence electrons. The number of fused-ring (bicyclic) bond motifs is 3. The largest absolute Gasteiger partial charge is 0.295 e. The van der Waals surface area contributed by atoms with Crippen molar-refractivity contribution >= 4 is 44.1 Å². The fraction of sp³-hybridized carbons (Fsp3) is 0.375. The summed E-state index contributed by atoms with van der Waals surface area (Å²) in [4.78, 5) is 31.7. The predicted octanol–water partition coefficient (Wildman–Crippen LogP) is 5.99. The average Bonchev–Trinajstić information content (AvgIpc) is 3.43. The van der Waals surface area contributed by atoms with E-state index in [9.17, 15) is 9.59 Å². The van der Waals surface area contributed by atoms with Gasteiger partial charge in [-0.25, -0.2) is 4.98 Å². The minimum Gasteiger partial charge on any atom is -0.295 e. The molecule has 2 saturated carbocycles. The molecule has 3 atom stereocenters. The Balaban J connectivity index is 1.49. The number of benzene rings is 2. The topological polar surface area (TPSA) is 50.3 Å². The standard InChI is InChI=1S/C24H24N2O2S/c1-15(27)17-8-10-20(11-9-17)26(24-25-21-4-2-3-5-22(21)29-24)23(28)14-19-13-16-6-7-18(19)12-16/h2-5,8-11,16,18-19H,6-7,12-14H2,1H3/t16-,18-,19-/m0/s1. The van der Waals surface area contributed by atoms with E-state index in [4.69, 9.17) is 4.98 Å². The number of nitrogens with zero attached hydrogens (tertiary/aromatic N) is 2. The number of thiazole rings is 1. The second-order valence-electron chi connectivity index (χ2n) is 8.44. The second kappa shape index (κ2) is 7.38. The normalized spacial score (nSPS) is 22.9. The molecule has 4 nitrogen and oxygen atoms in total. The Bertz CT molecular complexity index is 1040. The first-order valence-corrected chi connectivity index (χ1v) is 11.2. The van der Waals surface area contributed by atoms with Crippen LogP contribution >= 0.6 is 11.3 Å². The van der Waals surface area contributed by atoms with Crippen molar-refractivity contribution in [3.63, 3.8) is 0 Å². The van der Waals surface area contributed by atoms with Crippen molar-refractivity contribution in [1.29, 1.82) is 0 Å². The van der Waals surface area contributed by atoms with Gasteiger partial charge in [0.1, 0.15) is 0 Å². The van der Waals surface area contributed by atoms with Gasteiger partial charge in [0.05, 0.1) is 15.9 Å². The summed E-state index contributed by atoms with van der Waals surface area (Å²) in [5.41, 5.74) is 2.34. The van der Waals surface area contributed by atoms with Crippen molar-refractivity contribution in [2.75, 3.05) is 4.90 Å². The van der Waals surface area contributed by atoms with Gasteiger partial charge in [-0.2, -0.15) is 0 Å². The van der Waals surface area contributed by atoms with Crippen LogP contribution in [-0.4, -0.2) is 16.7 Å². The SMILES string of the molecule is CC(=O)c1ccc(N(C(=O)C[C@@H]2C[C@H]3CC[C@H]2C3)c2nc3ccccc3s2)cc1. The molecule has 1 amide bonds. The van der Waals surface area contributed by atoms with Gasteiger partial charge < -0.3 is 0 Å². The number of aromatic nitrogens is 1. The molecular formula is C24H24N2O2S. The molecule has 2 aromatic carbocycles. The van der Waals surface area contributed by atoms with E-state index in [1.165, 1.54) is 37.0 Å². The molecule has 2 fully saturated rings. The zero-order valence-electron chi connectivity index (χ0n) is 16.5. The molecule has 1 aromatic heterocycles. The van der Waals surface area contributed by atoms with E-state index in [2.05, 4.69) is 0 Å². The quantitative estimate of drug-likeness (QED) is 0.491. The van der Waals surface area contributed by atoms with E-state index in [-0.39, 0.29) is 11.7 Å². The van der Waals surface area contributed by atoms with Gasteiger partial charge in [-0.05, 0) is 80.3 Å². The molecule has 0 saturated heterocycles. The Morgan fingerprint density at radius 3 is 2.52 bits per heavy atom. The molecule has 0 radical (unpaired) electrons. The minimum absolute atomic E-state index is 0.0244. The number of anilines is 2. The highest BCUT2D eigenvalue weighted by atomic mass is 32.1. The maximum atomic E-state index is 13.5. The third-order valence-electron chi connectivity index (χ3n) is 6.58. The van der Waals surface area contributed by atoms with E-state index in [1.807, 2.05) is 36.4 Å². The fourth-order valence-electron chi connectivity index (χ4n) is 5.10. The van der Waals surface area contributed by atoms with Crippen LogP contribution in [0.25, 0.3) is 10.2 Å². The van der Waals surface area contributed by atoms with Gasteiger partial charge in [0.25, 0.3) is 0 Å². The van der Waals surface area contributed by atoms with Crippen molar-refractivity contribution in [3.8, 4) is 0 Å². The van der Waals surface area contributed by atoms with Crippen molar-refractivity contribution < 1.29 is 9.59 Å². The number of ketones is 1.